The van der Waals surface area contributed by atoms with E-state index in [1.165, 1.54) is 6.26 Å². The average Bonchev–Trinajstić information content (AvgIpc) is 3.28. The fourth-order valence-electron chi connectivity index (χ4n) is 3.32. The molecule has 0 aliphatic carbocycles. The van der Waals surface area contributed by atoms with Crippen LogP contribution in [0.3, 0.4) is 0 Å². The van der Waals surface area contributed by atoms with E-state index in [-0.39, 0.29) is 12.5 Å². The van der Waals surface area contributed by atoms with Crippen molar-refractivity contribution in [1.82, 2.24) is 10.1 Å². The molecule has 1 aliphatic rings. The molecule has 0 saturated carbocycles. The van der Waals surface area contributed by atoms with Crippen molar-refractivity contribution in [3.8, 4) is 11.3 Å². The molecule has 0 radical (unpaired) electrons. The molecule has 1 atom stereocenters. The zero-order chi connectivity index (χ0) is 18.3. The molecular weight excluding hydrogens is 352 g/mol. The van der Waals surface area contributed by atoms with Gasteiger partial charge in [-0.15, -0.1) is 0 Å². The van der Waals surface area contributed by atoms with Gasteiger partial charge in [0.2, 0.25) is 0 Å². The van der Waals surface area contributed by atoms with Gasteiger partial charge in [0, 0.05) is 30.5 Å². The molecule has 3 aromatic rings. The van der Waals surface area contributed by atoms with Gasteiger partial charge in [0.15, 0.2) is 15.6 Å². The molecule has 7 heteroatoms. The summed E-state index contributed by atoms with van der Waals surface area (Å²) in [7, 11) is -3.14. The molecule has 0 spiro atoms. The summed E-state index contributed by atoms with van der Waals surface area (Å²) in [6.07, 6.45) is 1.70. The molecule has 1 amide bonds. The molecule has 1 fully saturated rings. The van der Waals surface area contributed by atoms with Crippen LogP contribution < -0.4 is 0 Å². The van der Waals surface area contributed by atoms with Crippen molar-refractivity contribution in [1.29, 1.82) is 0 Å². The minimum absolute atomic E-state index is 0.168. The van der Waals surface area contributed by atoms with Crippen LogP contribution in [0.2, 0.25) is 0 Å². The summed E-state index contributed by atoms with van der Waals surface area (Å²) in [6, 6.07) is 14.8. The SMILES string of the molecule is CS(=O)(=O)C1CCN(C(=O)c2ccc3noc(-c4ccccc4)c3c2)C1. The van der Waals surface area contributed by atoms with E-state index >= 15 is 0 Å². The second-order valence-corrected chi connectivity index (χ2v) is 8.93. The molecule has 1 aromatic heterocycles. The van der Waals surface area contributed by atoms with Gasteiger partial charge in [-0.05, 0) is 24.6 Å². The summed E-state index contributed by atoms with van der Waals surface area (Å²) in [5, 5.41) is 4.34. The third-order valence-electron chi connectivity index (χ3n) is 4.80. The quantitative estimate of drug-likeness (QED) is 0.708. The Morgan fingerprint density at radius 2 is 1.96 bits per heavy atom. The van der Waals surface area contributed by atoms with E-state index in [1.807, 2.05) is 30.3 Å². The highest BCUT2D eigenvalue weighted by Crippen LogP contribution is 2.30. The van der Waals surface area contributed by atoms with Crippen molar-refractivity contribution in [3.05, 3.63) is 54.1 Å². The van der Waals surface area contributed by atoms with Crippen LogP contribution in [-0.2, 0) is 9.84 Å². The average molecular weight is 370 g/mol. The summed E-state index contributed by atoms with van der Waals surface area (Å²) in [5.41, 5.74) is 2.07. The maximum atomic E-state index is 12.8. The zero-order valence-electron chi connectivity index (χ0n) is 14.3. The Hall–Kier alpha value is -2.67. The van der Waals surface area contributed by atoms with Crippen molar-refractivity contribution in [3.63, 3.8) is 0 Å². The number of hydrogen-bond donors (Lipinski definition) is 0. The molecular formula is C19H18N2O4S. The van der Waals surface area contributed by atoms with E-state index in [0.717, 1.165) is 10.9 Å². The zero-order valence-corrected chi connectivity index (χ0v) is 15.1. The predicted molar refractivity (Wildman–Crippen MR) is 98.6 cm³/mol. The standard InChI is InChI=1S/C19H18N2O4S/c1-26(23,24)15-9-10-21(12-15)19(22)14-7-8-17-16(11-14)18(25-20-17)13-5-3-2-4-6-13/h2-8,11,15H,9-10,12H2,1H3. The van der Waals surface area contributed by atoms with E-state index in [2.05, 4.69) is 5.16 Å². The molecule has 2 aromatic carbocycles. The Morgan fingerprint density at radius 3 is 2.65 bits per heavy atom. The summed E-state index contributed by atoms with van der Waals surface area (Å²) in [6.45, 7) is 0.689. The van der Waals surface area contributed by atoms with Crippen LogP contribution in [0.4, 0.5) is 0 Å². The maximum absolute atomic E-state index is 12.8. The highest BCUT2D eigenvalue weighted by atomic mass is 32.2. The smallest absolute Gasteiger partial charge is 0.253 e. The van der Waals surface area contributed by atoms with Crippen molar-refractivity contribution < 1.29 is 17.7 Å². The summed E-state index contributed by atoms with van der Waals surface area (Å²) >= 11 is 0. The summed E-state index contributed by atoms with van der Waals surface area (Å²) in [4.78, 5) is 14.4. The number of carbonyl (C=O) groups excluding carboxylic acids is 1. The molecule has 4 rings (SSSR count). The van der Waals surface area contributed by atoms with Crippen LogP contribution in [0.1, 0.15) is 16.8 Å². The highest BCUT2D eigenvalue weighted by molar-refractivity contribution is 7.91. The number of carbonyl (C=O) groups is 1. The molecule has 1 saturated heterocycles. The number of nitrogens with zero attached hydrogens (tertiary/aromatic N) is 2. The fraction of sp³-hybridized carbons (Fsp3) is 0.263. The Kier molecular flexibility index (Phi) is 4.03. The van der Waals surface area contributed by atoms with Gasteiger partial charge in [-0.25, -0.2) is 8.42 Å². The van der Waals surface area contributed by atoms with Crippen LogP contribution in [0.25, 0.3) is 22.2 Å². The predicted octanol–water partition coefficient (Wildman–Crippen LogP) is 2.75. The van der Waals surface area contributed by atoms with E-state index in [0.29, 0.717) is 29.8 Å². The van der Waals surface area contributed by atoms with Crippen LogP contribution >= 0.6 is 0 Å². The van der Waals surface area contributed by atoms with Gasteiger partial charge in [-0.3, -0.25) is 4.79 Å². The molecule has 26 heavy (non-hydrogen) atoms. The number of fused-ring (bicyclic) bond motifs is 1. The fourth-order valence-corrected chi connectivity index (χ4v) is 4.30. The molecule has 1 aliphatic heterocycles. The van der Waals surface area contributed by atoms with Gasteiger partial charge >= 0.3 is 0 Å². The Balaban J connectivity index is 1.66. The summed E-state index contributed by atoms with van der Waals surface area (Å²) in [5.74, 6) is 0.448. The first-order chi connectivity index (χ1) is 12.4. The Morgan fingerprint density at radius 1 is 1.19 bits per heavy atom. The first-order valence-corrected chi connectivity index (χ1v) is 10.3. The minimum atomic E-state index is -3.14. The van der Waals surface area contributed by atoms with E-state index in [9.17, 15) is 13.2 Å². The molecule has 1 unspecified atom stereocenters. The van der Waals surface area contributed by atoms with Crippen LogP contribution in [0, 0.1) is 0 Å². The third kappa shape index (κ3) is 2.99. The van der Waals surface area contributed by atoms with Gasteiger partial charge in [0.25, 0.3) is 5.91 Å². The summed E-state index contributed by atoms with van der Waals surface area (Å²) < 4.78 is 28.9. The lowest BCUT2D eigenvalue weighted by atomic mass is 10.1. The number of hydrogen-bond acceptors (Lipinski definition) is 5. The number of likely N-dealkylation sites (tertiary alicyclic amines) is 1. The lowest BCUT2D eigenvalue weighted by Gasteiger charge is -2.16. The van der Waals surface area contributed by atoms with Crippen molar-refractivity contribution >= 4 is 26.6 Å². The van der Waals surface area contributed by atoms with Crippen molar-refractivity contribution in [2.75, 3.05) is 19.3 Å². The van der Waals surface area contributed by atoms with Gasteiger partial charge in [0.05, 0.1) is 10.6 Å². The largest absolute Gasteiger partial charge is 0.355 e. The van der Waals surface area contributed by atoms with Crippen LogP contribution in [0.5, 0.6) is 0 Å². The van der Waals surface area contributed by atoms with Gasteiger partial charge < -0.3 is 9.42 Å². The molecule has 0 N–H and O–H groups in total. The topological polar surface area (TPSA) is 80.5 Å². The first kappa shape index (κ1) is 16.8. The second-order valence-electron chi connectivity index (χ2n) is 6.60. The number of benzene rings is 2. The van der Waals surface area contributed by atoms with Gasteiger partial charge in [-0.2, -0.15) is 0 Å². The second kappa shape index (κ2) is 6.25. The highest BCUT2D eigenvalue weighted by Gasteiger charge is 2.33. The van der Waals surface area contributed by atoms with E-state index < -0.39 is 15.1 Å². The van der Waals surface area contributed by atoms with Gasteiger partial charge in [0.1, 0.15) is 5.52 Å². The number of rotatable bonds is 3. The Labute approximate surface area is 151 Å². The third-order valence-corrected chi connectivity index (χ3v) is 6.39. The monoisotopic (exact) mass is 370 g/mol. The van der Waals surface area contributed by atoms with Crippen molar-refractivity contribution in [2.45, 2.75) is 11.7 Å². The molecule has 6 nitrogen and oxygen atoms in total. The van der Waals surface area contributed by atoms with E-state index in [4.69, 9.17) is 4.52 Å². The normalized spacial score (nSPS) is 17.7. The lowest BCUT2D eigenvalue weighted by molar-refractivity contribution is 0.0793. The Bertz CT molecular complexity index is 1070. The minimum Gasteiger partial charge on any atom is -0.355 e. The maximum Gasteiger partial charge on any atom is 0.253 e. The van der Waals surface area contributed by atoms with Crippen molar-refractivity contribution in [2.24, 2.45) is 0 Å². The molecule has 134 valence electrons. The lowest BCUT2D eigenvalue weighted by Crippen LogP contribution is -2.31. The number of aromatic nitrogens is 1. The first-order valence-electron chi connectivity index (χ1n) is 8.36. The van der Waals surface area contributed by atoms with Crippen LogP contribution in [-0.4, -0.2) is 49.0 Å². The molecule has 0 bridgehead atoms. The number of sulfone groups is 1. The molecule has 2 heterocycles. The van der Waals surface area contributed by atoms with Crippen LogP contribution in [0.15, 0.2) is 53.1 Å². The van der Waals surface area contributed by atoms with Gasteiger partial charge in [-0.1, -0.05) is 35.5 Å². The van der Waals surface area contributed by atoms with E-state index in [1.54, 1.807) is 23.1 Å². The number of amides is 1.